The second-order valence-electron chi connectivity index (χ2n) is 3.82. The van der Waals surface area contributed by atoms with Crippen LogP contribution in [-0.4, -0.2) is 11.3 Å². The summed E-state index contributed by atoms with van der Waals surface area (Å²) in [6.45, 7) is 0. The summed E-state index contributed by atoms with van der Waals surface area (Å²) in [5.41, 5.74) is 2.64. The van der Waals surface area contributed by atoms with Crippen LogP contribution >= 0.6 is 23.2 Å². The number of anilines is 1. The predicted molar refractivity (Wildman–Crippen MR) is 75.7 cm³/mol. The smallest absolute Gasteiger partial charge is 0.151 e. The van der Waals surface area contributed by atoms with Crippen LogP contribution in [0, 0.1) is 11.6 Å². The third kappa shape index (κ3) is 3.37. The molecule has 0 saturated carbocycles. The molecule has 0 atom stereocenters. The molecule has 0 unspecified atom stereocenters. The van der Waals surface area contributed by atoms with Crippen molar-refractivity contribution >= 4 is 35.1 Å². The van der Waals surface area contributed by atoms with Crippen molar-refractivity contribution in [2.24, 2.45) is 5.10 Å². The topological polar surface area (TPSA) is 44.6 Å². The van der Waals surface area contributed by atoms with Gasteiger partial charge < -0.3 is 5.11 Å². The second-order valence-corrected chi connectivity index (χ2v) is 4.66. The number of hydrazone groups is 1. The Hall–Kier alpha value is -1.85. The number of phenols is 1. The minimum Gasteiger partial charge on any atom is -0.506 e. The molecule has 0 fully saturated rings. The number of phenolic OH excluding ortho intramolecular Hbond substituents is 1. The van der Waals surface area contributed by atoms with Gasteiger partial charge in [0, 0.05) is 16.7 Å². The standard InChI is InChI=1S/C13H8Cl2F2N2O/c14-8-3-7(13(20)10(15)4-8)6-18-19-12-2-1-9(16)5-11(12)17/h1-6,19-20H/b18-6+. The third-order valence-electron chi connectivity index (χ3n) is 2.38. The summed E-state index contributed by atoms with van der Waals surface area (Å²) in [4.78, 5) is 0. The molecule has 0 heterocycles. The molecular weight excluding hydrogens is 309 g/mol. The number of hydrogen-bond donors (Lipinski definition) is 2. The Bertz CT molecular complexity index is 678. The molecule has 2 rings (SSSR count). The van der Waals surface area contributed by atoms with Gasteiger partial charge in [-0.25, -0.2) is 8.78 Å². The zero-order valence-corrected chi connectivity index (χ0v) is 11.4. The molecule has 104 valence electrons. The number of hydrogen-bond acceptors (Lipinski definition) is 3. The van der Waals surface area contributed by atoms with Gasteiger partial charge in [-0.2, -0.15) is 5.10 Å². The lowest BCUT2D eigenvalue weighted by molar-refractivity contribution is 0.475. The van der Waals surface area contributed by atoms with Gasteiger partial charge in [-0.1, -0.05) is 23.2 Å². The largest absolute Gasteiger partial charge is 0.506 e. The summed E-state index contributed by atoms with van der Waals surface area (Å²) in [5, 5.41) is 13.8. The Balaban J connectivity index is 2.18. The molecular formula is C13H8Cl2F2N2O. The monoisotopic (exact) mass is 316 g/mol. The van der Waals surface area contributed by atoms with Gasteiger partial charge in [0.25, 0.3) is 0 Å². The van der Waals surface area contributed by atoms with Crippen molar-refractivity contribution in [2.45, 2.75) is 0 Å². The highest BCUT2D eigenvalue weighted by molar-refractivity contribution is 6.36. The van der Waals surface area contributed by atoms with Gasteiger partial charge in [0.1, 0.15) is 11.6 Å². The maximum atomic E-state index is 13.3. The summed E-state index contributed by atoms with van der Waals surface area (Å²) in [7, 11) is 0. The molecule has 0 amide bonds. The van der Waals surface area contributed by atoms with Gasteiger partial charge in [-0.15, -0.1) is 0 Å². The van der Waals surface area contributed by atoms with Crippen molar-refractivity contribution in [1.29, 1.82) is 0 Å². The molecule has 0 spiro atoms. The van der Waals surface area contributed by atoms with Gasteiger partial charge in [-0.05, 0) is 24.3 Å². The highest BCUT2D eigenvalue weighted by atomic mass is 35.5. The zero-order chi connectivity index (χ0) is 14.7. The van der Waals surface area contributed by atoms with Crippen molar-refractivity contribution in [2.75, 3.05) is 5.43 Å². The fraction of sp³-hybridized carbons (Fsp3) is 0. The molecule has 0 aliphatic rings. The highest BCUT2D eigenvalue weighted by Crippen LogP contribution is 2.30. The van der Waals surface area contributed by atoms with Gasteiger partial charge in [0.15, 0.2) is 5.82 Å². The summed E-state index contributed by atoms with van der Waals surface area (Å²) in [6.07, 6.45) is 1.22. The third-order valence-corrected chi connectivity index (χ3v) is 2.88. The minimum absolute atomic E-state index is 0.00438. The minimum atomic E-state index is -0.782. The summed E-state index contributed by atoms with van der Waals surface area (Å²) >= 11 is 11.5. The maximum Gasteiger partial charge on any atom is 0.151 e. The van der Waals surface area contributed by atoms with E-state index >= 15 is 0 Å². The van der Waals surface area contributed by atoms with Crippen molar-refractivity contribution in [3.8, 4) is 5.75 Å². The van der Waals surface area contributed by atoms with Crippen LogP contribution in [0.15, 0.2) is 35.4 Å². The molecule has 0 radical (unpaired) electrons. The summed E-state index contributed by atoms with van der Waals surface area (Å²) in [5.74, 6) is -1.66. The molecule has 2 aromatic carbocycles. The number of aromatic hydroxyl groups is 1. The Morgan fingerprint density at radius 3 is 2.60 bits per heavy atom. The predicted octanol–water partition coefficient (Wildman–Crippen LogP) is 4.42. The van der Waals surface area contributed by atoms with E-state index in [4.69, 9.17) is 23.2 Å². The van der Waals surface area contributed by atoms with Crippen LogP contribution in [-0.2, 0) is 0 Å². The van der Waals surface area contributed by atoms with Gasteiger partial charge in [0.05, 0.1) is 16.9 Å². The van der Waals surface area contributed by atoms with E-state index in [1.807, 2.05) is 0 Å². The number of nitrogens with zero attached hydrogens (tertiary/aromatic N) is 1. The molecule has 0 saturated heterocycles. The van der Waals surface area contributed by atoms with Crippen LogP contribution in [0.25, 0.3) is 0 Å². The first-order chi connectivity index (χ1) is 9.47. The molecule has 2 aromatic rings. The number of nitrogens with one attached hydrogen (secondary N) is 1. The lowest BCUT2D eigenvalue weighted by atomic mass is 10.2. The summed E-state index contributed by atoms with van der Waals surface area (Å²) in [6, 6.07) is 5.84. The van der Waals surface area contributed by atoms with Crippen molar-refractivity contribution in [1.82, 2.24) is 0 Å². The zero-order valence-electron chi connectivity index (χ0n) is 9.87. The van der Waals surface area contributed by atoms with Crippen LogP contribution in [0.1, 0.15) is 5.56 Å². The van der Waals surface area contributed by atoms with Crippen molar-refractivity contribution in [3.05, 3.63) is 57.6 Å². The Morgan fingerprint density at radius 2 is 1.90 bits per heavy atom. The molecule has 7 heteroatoms. The van der Waals surface area contributed by atoms with E-state index in [1.165, 1.54) is 24.4 Å². The number of rotatable bonds is 3. The van der Waals surface area contributed by atoms with Crippen LogP contribution in [0.4, 0.5) is 14.5 Å². The van der Waals surface area contributed by atoms with Gasteiger partial charge >= 0.3 is 0 Å². The average molecular weight is 317 g/mol. The van der Waals surface area contributed by atoms with Crippen molar-refractivity contribution in [3.63, 3.8) is 0 Å². The van der Waals surface area contributed by atoms with E-state index < -0.39 is 11.6 Å². The summed E-state index contributed by atoms with van der Waals surface area (Å²) < 4.78 is 26.0. The van der Waals surface area contributed by atoms with E-state index in [0.717, 1.165) is 12.1 Å². The quantitative estimate of drug-likeness (QED) is 0.650. The lowest BCUT2D eigenvalue weighted by Gasteiger charge is -2.04. The number of halogens is 4. The molecule has 0 aliphatic heterocycles. The lowest BCUT2D eigenvalue weighted by Crippen LogP contribution is -1.95. The van der Waals surface area contributed by atoms with E-state index in [9.17, 15) is 13.9 Å². The van der Waals surface area contributed by atoms with Crippen molar-refractivity contribution < 1.29 is 13.9 Å². The second kappa shape index (κ2) is 6.07. The fourth-order valence-electron chi connectivity index (χ4n) is 1.44. The molecule has 0 bridgehead atoms. The van der Waals surface area contributed by atoms with E-state index in [-0.39, 0.29) is 22.0 Å². The number of benzene rings is 2. The first kappa shape index (κ1) is 14.6. The van der Waals surface area contributed by atoms with E-state index in [1.54, 1.807) is 0 Å². The highest BCUT2D eigenvalue weighted by Gasteiger charge is 2.06. The van der Waals surface area contributed by atoms with Crippen LogP contribution < -0.4 is 5.43 Å². The van der Waals surface area contributed by atoms with Gasteiger partial charge in [-0.3, -0.25) is 5.43 Å². The van der Waals surface area contributed by atoms with Gasteiger partial charge in [0.2, 0.25) is 0 Å². The fourth-order valence-corrected chi connectivity index (χ4v) is 1.94. The Kier molecular flexibility index (Phi) is 4.42. The normalized spacial score (nSPS) is 11.0. The molecule has 0 aromatic heterocycles. The molecule has 3 nitrogen and oxygen atoms in total. The SMILES string of the molecule is Oc1c(Cl)cc(Cl)cc1/C=N/Nc1ccc(F)cc1F. The average Bonchev–Trinajstić information content (AvgIpc) is 2.37. The molecule has 2 N–H and O–H groups in total. The maximum absolute atomic E-state index is 13.3. The first-order valence-electron chi connectivity index (χ1n) is 5.39. The van der Waals surface area contributed by atoms with Crippen LogP contribution in [0.5, 0.6) is 5.75 Å². The Morgan fingerprint density at radius 1 is 1.15 bits per heavy atom. The van der Waals surface area contributed by atoms with E-state index in [0.29, 0.717) is 5.02 Å². The Labute approximate surface area is 123 Å². The molecule has 20 heavy (non-hydrogen) atoms. The van der Waals surface area contributed by atoms with Crippen LogP contribution in [0.3, 0.4) is 0 Å². The van der Waals surface area contributed by atoms with Crippen LogP contribution in [0.2, 0.25) is 10.0 Å². The molecule has 0 aliphatic carbocycles. The van der Waals surface area contributed by atoms with E-state index in [2.05, 4.69) is 10.5 Å². The first-order valence-corrected chi connectivity index (χ1v) is 6.15.